The predicted molar refractivity (Wildman–Crippen MR) is 90.6 cm³/mol. The van der Waals surface area contributed by atoms with Gasteiger partial charge >= 0.3 is 0 Å². The van der Waals surface area contributed by atoms with E-state index in [1.54, 1.807) is 53.6 Å². The van der Waals surface area contributed by atoms with Gasteiger partial charge in [0.25, 0.3) is 11.8 Å². The lowest BCUT2D eigenvalue weighted by Crippen LogP contribution is -2.50. The van der Waals surface area contributed by atoms with Crippen molar-refractivity contribution in [3.8, 4) is 5.75 Å². The predicted octanol–water partition coefficient (Wildman–Crippen LogP) is 2.27. The molecule has 0 aliphatic carbocycles. The Bertz CT molecular complexity index is 738. The molecule has 1 aliphatic rings. The summed E-state index contributed by atoms with van der Waals surface area (Å²) in [5, 5.41) is 0.366. The highest BCUT2D eigenvalue weighted by Crippen LogP contribution is 2.24. The molecule has 2 heterocycles. The number of hydrogen-bond acceptors (Lipinski definition) is 3. The first-order valence-electron chi connectivity index (χ1n) is 7.65. The minimum Gasteiger partial charge on any atom is -0.497 e. The minimum absolute atomic E-state index is 0.0224. The fourth-order valence-electron chi connectivity index (χ4n) is 2.72. The van der Waals surface area contributed by atoms with Crippen LogP contribution in [0.3, 0.4) is 0 Å². The quantitative estimate of drug-likeness (QED) is 0.926. The van der Waals surface area contributed by atoms with Gasteiger partial charge < -0.3 is 19.5 Å². The number of carbonyl (C=O) groups is 2. The fourth-order valence-corrected chi connectivity index (χ4v) is 2.97. The highest BCUT2D eigenvalue weighted by Gasteiger charge is 2.26. The van der Waals surface area contributed by atoms with E-state index in [4.69, 9.17) is 16.3 Å². The molecule has 1 fully saturated rings. The van der Waals surface area contributed by atoms with E-state index in [0.29, 0.717) is 48.1 Å². The van der Waals surface area contributed by atoms with Crippen molar-refractivity contribution in [3.63, 3.8) is 0 Å². The zero-order valence-corrected chi connectivity index (χ0v) is 14.0. The number of piperazine rings is 1. The number of methoxy groups -OCH3 is 1. The lowest BCUT2D eigenvalue weighted by molar-refractivity contribution is 0.0535. The Morgan fingerprint density at radius 1 is 1.08 bits per heavy atom. The number of aromatic amines is 1. The third kappa shape index (κ3) is 3.23. The fraction of sp³-hybridized carbons (Fsp3) is 0.294. The SMILES string of the molecule is COc1ccc(C(=O)N2CCN(C(=O)c3cc[nH]c3)CC2)c(Cl)c1. The van der Waals surface area contributed by atoms with Crippen LogP contribution in [0.1, 0.15) is 20.7 Å². The molecule has 7 heteroatoms. The lowest BCUT2D eigenvalue weighted by Gasteiger charge is -2.34. The van der Waals surface area contributed by atoms with Crippen LogP contribution in [-0.2, 0) is 0 Å². The molecule has 1 N–H and O–H groups in total. The standard InChI is InChI=1S/C17H18ClN3O3/c1-24-13-2-3-14(15(18)10-13)17(23)21-8-6-20(7-9-21)16(22)12-4-5-19-11-12/h2-5,10-11,19H,6-9H2,1H3. The molecule has 6 nitrogen and oxygen atoms in total. The summed E-state index contributed by atoms with van der Waals surface area (Å²) in [7, 11) is 1.55. The Kier molecular flexibility index (Phi) is 4.76. The van der Waals surface area contributed by atoms with Gasteiger partial charge in [0.1, 0.15) is 5.75 Å². The van der Waals surface area contributed by atoms with Crippen LogP contribution in [0.5, 0.6) is 5.75 Å². The number of benzene rings is 1. The summed E-state index contributed by atoms with van der Waals surface area (Å²) in [6.45, 7) is 1.97. The van der Waals surface area contributed by atoms with Crippen LogP contribution in [0.4, 0.5) is 0 Å². The topological polar surface area (TPSA) is 65.6 Å². The molecule has 126 valence electrons. The number of nitrogens with one attached hydrogen (secondary N) is 1. The molecule has 0 bridgehead atoms. The molecule has 1 saturated heterocycles. The van der Waals surface area contributed by atoms with E-state index in [1.165, 1.54) is 0 Å². The van der Waals surface area contributed by atoms with Gasteiger partial charge in [-0.05, 0) is 24.3 Å². The van der Waals surface area contributed by atoms with Gasteiger partial charge in [-0.1, -0.05) is 11.6 Å². The molecule has 2 amide bonds. The Morgan fingerprint density at radius 2 is 1.75 bits per heavy atom. The number of halogens is 1. The molecule has 0 radical (unpaired) electrons. The van der Waals surface area contributed by atoms with E-state index in [9.17, 15) is 9.59 Å². The summed E-state index contributed by atoms with van der Waals surface area (Å²) in [5.74, 6) is 0.459. The first-order chi connectivity index (χ1) is 11.6. The smallest absolute Gasteiger partial charge is 0.255 e. The third-order valence-corrected chi connectivity index (χ3v) is 4.42. The average molecular weight is 348 g/mol. The van der Waals surface area contributed by atoms with Crippen molar-refractivity contribution >= 4 is 23.4 Å². The summed E-state index contributed by atoms with van der Waals surface area (Å²) < 4.78 is 5.09. The van der Waals surface area contributed by atoms with Crippen molar-refractivity contribution < 1.29 is 14.3 Å². The van der Waals surface area contributed by atoms with Crippen molar-refractivity contribution in [1.82, 2.24) is 14.8 Å². The summed E-state index contributed by atoms with van der Waals surface area (Å²) in [4.78, 5) is 31.3. The van der Waals surface area contributed by atoms with Gasteiger partial charge in [-0.2, -0.15) is 0 Å². The molecule has 0 unspecified atom stereocenters. The molecule has 0 saturated carbocycles. The number of nitrogens with zero attached hydrogens (tertiary/aromatic N) is 2. The van der Waals surface area contributed by atoms with Crippen molar-refractivity contribution in [3.05, 3.63) is 52.8 Å². The molecule has 1 aliphatic heterocycles. The van der Waals surface area contributed by atoms with E-state index in [-0.39, 0.29) is 11.8 Å². The van der Waals surface area contributed by atoms with Crippen molar-refractivity contribution in [2.75, 3.05) is 33.3 Å². The third-order valence-electron chi connectivity index (χ3n) is 4.11. The Labute approximate surface area is 145 Å². The maximum Gasteiger partial charge on any atom is 0.255 e. The van der Waals surface area contributed by atoms with Gasteiger partial charge in [0.05, 0.1) is 23.3 Å². The second-order valence-electron chi connectivity index (χ2n) is 5.53. The number of rotatable bonds is 3. The molecule has 3 rings (SSSR count). The van der Waals surface area contributed by atoms with Crippen LogP contribution in [0.2, 0.25) is 5.02 Å². The zero-order chi connectivity index (χ0) is 17.1. The largest absolute Gasteiger partial charge is 0.497 e. The van der Waals surface area contributed by atoms with Gasteiger partial charge in [0.15, 0.2) is 0 Å². The molecular formula is C17H18ClN3O3. The second-order valence-corrected chi connectivity index (χ2v) is 5.94. The summed E-state index contributed by atoms with van der Waals surface area (Å²) in [6.07, 6.45) is 3.40. The van der Waals surface area contributed by atoms with Crippen LogP contribution in [0.15, 0.2) is 36.7 Å². The Balaban J connectivity index is 1.64. The maximum atomic E-state index is 12.6. The minimum atomic E-state index is -0.128. The summed E-state index contributed by atoms with van der Waals surface area (Å²) in [6, 6.07) is 6.75. The molecule has 0 atom stereocenters. The highest BCUT2D eigenvalue weighted by molar-refractivity contribution is 6.34. The van der Waals surface area contributed by atoms with Crippen molar-refractivity contribution in [1.29, 1.82) is 0 Å². The summed E-state index contributed by atoms with van der Waals surface area (Å²) >= 11 is 6.17. The number of carbonyl (C=O) groups excluding carboxylic acids is 2. The van der Waals surface area contributed by atoms with Crippen LogP contribution in [-0.4, -0.2) is 59.9 Å². The molecule has 1 aromatic carbocycles. The van der Waals surface area contributed by atoms with Crippen LogP contribution in [0, 0.1) is 0 Å². The van der Waals surface area contributed by atoms with Gasteiger partial charge in [-0.3, -0.25) is 9.59 Å². The number of aromatic nitrogens is 1. The highest BCUT2D eigenvalue weighted by atomic mass is 35.5. The van der Waals surface area contributed by atoms with Crippen LogP contribution >= 0.6 is 11.6 Å². The number of ether oxygens (including phenoxy) is 1. The zero-order valence-electron chi connectivity index (χ0n) is 13.3. The molecule has 1 aromatic heterocycles. The van der Waals surface area contributed by atoms with E-state index in [0.717, 1.165) is 0 Å². The summed E-state index contributed by atoms with van der Waals surface area (Å²) in [5.41, 5.74) is 1.08. The average Bonchev–Trinajstić information content (AvgIpc) is 3.15. The first-order valence-corrected chi connectivity index (χ1v) is 8.03. The normalized spacial score (nSPS) is 14.6. The molecule has 24 heavy (non-hydrogen) atoms. The number of amides is 2. The van der Waals surface area contributed by atoms with E-state index >= 15 is 0 Å². The number of H-pyrrole nitrogens is 1. The maximum absolute atomic E-state index is 12.6. The van der Waals surface area contributed by atoms with E-state index < -0.39 is 0 Å². The van der Waals surface area contributed by atoms with Crippen molar-refractivity contribution in [2.24, 2.45) is 0 Å². The Hall–Kier alpha value is -2.47. The first kappa shape index (κ1) is 16.4. The van der Waals surface area contributed by atoms with E-state index in [2.05, 4.69) is 4.98 Å². The van der Waals surface area contributed by atoms with Crippen LogP contribution < -0.4 is 4.74 Å². The molecule has 0 spiro atoms. The van der Waals surface area contributed by atoms with Gasteiger partial charge in [0, 0.05) is 38.6 Å². The van der Waals surface area contributed by atoms with Gasteiger partial charge in [0.2, 0.25) is 0 Å². The second kappa shape index (κ2) is 6.97. The Morgan fingerprint density at radius 3 is 2.29 bits per heavy atom. The number of hydrogen-bond donors (Lipinski definition) is 1. The molecular weight excluding hydrogens is 330 g/mol. The monoisotopic (exact) mass is 347 g/mol. The lowest BCUT2D eigenvalue weighted by atomic mass is 10.1. The van der Waals surface area contributed by atoms with Crippen LogP contribution in [0.25, 0.3) is 0 Å². The van der Waals surface area contributed by atoms with Gasteiger partial charge in [-0.25, -0.2) is 0 Å². The molecule has 2 aromatic rings. The van der Waals surface area contributed by atoms with E-state index in [1.807, 2.05) is 0 Å². The van der Waals surface area contributed by atoms with Gasteiger partial charge in [-0.15, -0.1) is 0 Å². The van der Waals surface area contributed by atoms with Crippen molar-refractivity contribution in [2.45, 2.75) is 0 Å².